The van der Waals surface area contributed by atoms with E-state index in [0.29, 0.717) is 31.0 Å². The Morgan fingerprint density at radius 3 is 2.91 bits per heavy atom. The predicted octanol–water partition coefficient (Wildman–Crippen LogP) is 1.17. The molecular formula is C15H20N4O3. The zero-order valence-corrected chi connectivity index (χ0v) is 13.0. The lowest BCUT2D eigenvalue weighted by molar-refractivity contribution is 0.0946. The molecule has 0 radical (unpaired) electrons. The molecule has 2 rings (SSSR count). The third kappa shape index (κ3) is 3.82. The SMILES string of the molecule is COCCn1cncc1CNC(=O)c1cc(C)ncc1OC. The van der Waals surface area contributed by atoms with Crippen LogP contribution < -0.4 is 10.1 Å². The van der Waals surface area contributed by atoms with E-state index in [4.69, 9.17) is 9.47 Å². The highest BCUT2D eigenvalue weighted by atomic mass is 16.5. The first-order chi connectivity index (χ1) is 10.7. The van der Waals surface area contributed by atoms with Crippen molar-refractivity contribution >= 4 is 5.91 Å². The number of aryl methyl sites for hydroxylation is 1. The Morgan fingerprint density at radius 1 is 1.36 bits per heavy atom. The summed E-state index contributed by atoms with van der Waals surface area (Å²) in [5.74, 6) is 0.248. The Morgan fingerprint density at radius 2 is 2.18 bits per heavy atom. The molecule has 2 aromatic rings. The molecule has 0 aliphatic heterocycles. The van der Waals surface area contributed by atoms with Gasteiger partial charge in [-0.2, -0.15) is 0 Å². The highest BCUT2D eigenvalue weighted by molar-refractivity contribution is 5.96. The zero-order valence-electron chi connectivity index (χ0n) is 13.0. The van der Waals surface area contributed by atoms with E-state index in [0.717, 1.165) is 11.4 Å². The van der Waals surface area contributed by atoms with Gasteiger partial charge in [-0.3, -0.25) is 9.78 Å². The van der Waals surface area contributed by atoms with Gasteiger partial charge in [0.2, 0.25) is 0 Å². The van der Waals surface area contributed by atoms with Crippen molar-refractivity contribution in [1.82, 2.24) is 19.9 Å². The number of pyridine rings is 1. The number of rotatable bonds is 7. The molecule has 0 aromatic carbocycles. The fourth-order valence-corrected chi connectivity index (χ4v) is 2.04. The van der Waals surface area contributed by atoms with Crippen molar-refractivity contribution in [2.45, 2.75) is 20.0 Å². The van der Waals surface area contributed by atoms with Crippen LogP contribution in [-0.2, 0) is 17.8 Å². The van der Waals surface area contributed by atoms with Gasteiger partial charge >= 0.3 is 0 Å². The number of carbonyl (C=O) groups is 1. The molecule has 0 unspecified atom stereocenters. The molecule has 0 fully saturated rings. The lowest BCUT2D eigenvalue weighted by Gasteiger charge is -2.11. The van der Waals surface area contributed by atoms with Gasteiger partial charge in [-0.15, -0.1) is 0 Å². The summed E-state index contributed by atoms with van der Waals surface area (Å²) in [6, 6.07) is 1.70. The van der Waals surface area contributed by atoms with Gasteiger partial charge in [-0.05, 0) is 13.0 Å². The first kappa shape index (κ1) is 16.0. The van der Waals surface area contributed by atoms with Crippen molar-refractivity contribution in [2.24, 2.45) is 0 Å². The second-order valence-corrected chi connectivity index (χ2v) is 4.78. The van der Waals surface area contributed by atoms with E-state index in [9.17, 15) is 4.79 Å². The molecule has 1 amide bonds. The van der Waals surface area contributed by atoms with Crippen molar-refractivity contribution < 1.29 is 14.3 Å². The van der Waals surface area contributed by atoms with Crippen LogP contribution in [0.25, 0.3) is 0 Å². The molecule has 0 aliphatic rings. The number of amides is 1. The van der Waals surface area contributed by atoms with E-state index in [1.807, 2.05) is 11.5 Å². The van der Waals surface area contributed by atoms with E-state index in [1.54, 1.807) is 31.9 Å². The lowest BCUT2D eigenvalue weighted by atomic mass is 10.2. The Labute approximate surface area is 129 Å². The van der Waals surface area contributed by atoms with Gasteiger partial charge in [-0.25, -0.2) is 4.98 Å². The van der Waals surface area contributed by atoms with Gasteiger partial charge in [0, 0.05) is 25.5 Å². The second-order valence-electron chi connectivity index (χ2n) is 4.78. The lowest BCUT2D eigenvalue weighted by Crippen LogP contribution is -2.25. The average Bonchev–Trinajstić information content (AvgIpc) is 2.97. The summed E-state index contributed by atoms with van der Waals surface area (Å²) in [6.07, 6.45) is 5.00. The number of aromatic nitrogens is 3. The normalized spacial score (nSPS) is 10.5. The van der Waals surface area contributed by atoms with Crippen molar-refractivity contribution in [3.8, 4) is 5.75 Å². The smallest absolute Gasteiger partial charge is 0.255 e. The summed E-state index contributed by atoms with van der Waals surface area (Å²) in [7, 11) is 3.17. The first-order valence-electron chi connectivity index (χ1n) is 6.92. The van der Waals surface area contributed by atoms with Crippen LogP contribution in [0, 0.1) is 6.92 Å². The molecule has 0 saturated carbocycles. The largest absolute Gasteiger partial charge is 0.494 e. The first-order valence-corrected chi connectivity index (χ1v) is 6.92. The Bertz CT molecular complexity index is 639. The summed E-state index contributed by atoms with van der Waals surface area (Å²) >= 11 is 0. The molecule has 7 heteroatoms. The number of hydrogen-bond donors (Lipinski definition) is 1. The summed E-state index contributed by atoms with van der Waals surface area (Å²) in [4.78, 5) is 20.5. The number of imidazole rings is 1. The molecule has 0 saturated heterocycles. The van der Waals surface area contributed by atoms with Crippen LogP contribution in [0.2, 0.25) is 0 Å². The van der Waals surface area contributed by atoms with Crippen LogP contribution in [-0.4, -0.2) is 41.3 Å². The topological polar surface area (TPSA) is 78.3 Å². The van der Waals surface area contributed by atoms with E-state index in [-0.39, 0.29) is 5.91 Å². The van der Waals surface area contributed by atoms with Crippen LogP contribution in [0.3, 0.4) is 0 Å². The number of carbonyl (C=O) groups excluding carboxylic acids is 1. The molecule has 0 atom stereocenters. The molecular weight excluding hydrogens is 284 g/mol. The van der Waals surface area contributed by atoms with Crippen molar-refractivity contribution in [2.75, 3.05) is 20.8 Å². The fraction of sp³-hybridized carbons (Fsp3) is 0.400. The van der Waals surface area contributed by atoms with Crippen molar-refractivity contribution in [3.63, 3.8) is 0 Å². The van der Waals surface area contributed by atoms with Crippen molar-refractivity contribution in [3.05, 3.63) is 41.7 Å². The van der Waals surface area contributed by atoms with E-state index >= 15 is 0 Å². The Balaban J connectivity index is 2.04. The summed E-state index contributed by atoms with van der Waals surface area (Å²) in [6.45, 7) is 3.50. The van der Waals surface area contributed by atoms with Gasteiger partial charge < -0.3 is 19.4 Å². The minimum atomic E-state index is -0.207. The Kier molecular flexibility index (Phi) is 5.48. The Hall–Kier alpha value is -2.41. The zero-order chi connectivity index (χ0) is 15.9. The minimum Gasteiger partial charge on any atom is -0.494 e. The predicted molar refractivity (Wildman–Crippen MR) is 80.8 cm³/mol. The maximum Gasteiger partial charge on any atom is 0.255 e. The van der Waals surface area contributed by atoms with E-state index in [2.05, 4.69) is 15.3 Å². The highest BCUT2D eigenvalue weighted by Gasteiger charge is 2.13. The monoisotopic (exact) mass is 304 g/mol. The number of hydrogen-bond acceptors (Lipinski definition) is 5. The average molecular weight is 304 g/mol. The third-order valence-electron chi connectivity index (χ3n) is 3.23. The van der Waals surface area contributed by atoms with Gasteiger partial charge in [0.15, 0.2) is 0 Å². The molecule has 0 spiro atoms. The van der Waals surface area contributed by atoms with E-state index in [1.165, 1.54) is 7.11 Å². The summed E-state index contributed by atoms with van der Waals surface area (Å²) < 4.78 is 12.2. The van der Waals surface area contributed by atoms with Crippen LogP contribution in [0.1, 0.15) is 21.7 Å². The van der Waals surface area contributed by atoms with Crippen LogP contribution in [0.5, 0.6) is 5.75 Å². The standard InChI is InChI=1S/C15H20N4O3/c1-11-6-13(14(22-3)9-17-11)15(20)18-8-12-7-16-10-19(12)4-5-21-2/h6-7,9-10H,4-5,8H2,1-3H3,(H,18,20). The quantitative estimate of drug-likeness (QED) is 0.831. The maximum atomic E-state index is 12.3. The van der Waals surface area contributed by atoms with Gasteiger partial charge in [0.25, 0.3) is 5.91 Å². The molecule has 0 aliphatic carbocycles. The van der Waals surface area contributed by atoms with Crippen LogP contribution >= 0.6 is 0 Å². The summed E-state index contributed by atoms with van der Waals surface area (Å²) in [5, 5.41) is 2.87. The molecule has 2 heterocycles. The van der Waals surface area contributed by atoms with Crippen molar-refractivity contribution in [1.29, 1.82) is 0 Å². The number of nitrogens with one attached hydrogen (secondary N) is 1. The molecule has 1 N–H and O–H groups in total. The van der Waals surface area contributed by atoms with Gasteiger partial charge in [-0.1, -0.05) is 0 Å². The molecule has 2 aromatic heterocycles. The number of nitrogens with zero attached hydrogens (tertiary/aromatic N) is 3. The fourth-order valence-electron chi connectivity index (χ4n) is 2.04. The molecule has 0 bridgehead atoms. The summed E-state index contributed by atoms with van der Waals surface area (Å²) in [5.41, 5.74) is 2.14. The van der Waals surface area contributed by atoms with Gasteiger partial charge in [0.1, 0.15) is 5.75 Å². The maximum absolute atomic E-state index is 12.3. The van der Waals surface area contributed by atoms with Gasteiger partial charge in [0.05, 0.1) is 44.0 Å². The third-order valence-corrected chi connectivity index (χ3v) is 3.23. The van der Waals surface area contributed by atoms with Crippen LogP contribution in [0.4, 0.5) is 0 Å². The molecule has 118 valence electrons. The minimum absolute atomic E-state index is 0.207. The number of methoxy groups -OCH3 is 2. The van der Waals surface area contributed by atoms with E-state index < -0.39 is 0 Å². The number of ether oxygens (including phenoxy) is 2. The van der Waals surface area contributed by atoms with Crippen LogP contribution in [0.15, 0.2) is 24.8 Å². The highest BCUT2D eigenvalue weighted by Crippen LogP contribution is 2.17. The molecule has 22 heavy (non-hydrogen) atoms. The second kappa shape index (κ2) is 7.56. The molecule has 7 nitrogen and oxygen atoms in total.